The van der Waals surface area contributed by atoms with Crippen LogP contribution in [-0.4, -0.2) is 27.5 Å². The minimum Gasteiger partial charge on any atom is -0.479 e. The van der Waals surface area contributed by atoms with E-state index < -0.39 is 5.97 Å². The van der Waals surface area contributed by atoms with Crippen LogP contribution in [0.2, 0.25) is 0 Å². The van der Waals surface area contributed by atoms with E-state index in [1.54, 1.807) is 0 Å². The molecule has 5 heteroatoms. The molecule has 2 aromatic rings. The number of carboxylic acids is 1. The number of nitrogens with zero attached hydrogens (tertiary/aromatic N) is 2. The molecule has 0 spiro atoms. The van der Waals surface area contributed by atoms with E-state index in [4.69, 9.17) is 9.84 Å². The van der Waals surface area contributed by atoms with Crippen molar-refractivity contribution in [1.29, 1.82) is 0 Å². The number of aromatic nitrogens is 2. The Morgan fingerprint density at radius 2 is 2.27 bits per heavy atom. The van der Waals surface area contributed by atoms with Crippen LogP contribution in [0.25, 0.3) is 10.9 Å². The van der Waals surface area contributed by atoms with Crippen LogP contribution in [-0.2, 0) is 11.3 Å². The van der Waals surface area contributed by atoms with Gasteiger partial charge in [-0.15, -0.1) is 5.10 Å². The van der Waals surface area contributed by atoms with Crippen LogP contribution in [0.4, 0.5) is 0 Å². The fourth-order valence-electron chi connectivity index (χ4n) is 2.69. The summed E-state index contributed by atoms with van der Waals surface area (Å²) in [6, 6.07) is 7.71. The first kappa shape index (κ1) is 14.4. The lowest BCUT2D eigenvalue weighted by molar-refractivity contribution is -0.139. The van der Waals surface area contributed by atoms with Crippen molar-refractivity contribution < 1.29 is 14.6 Å². The molecule has 1 heterocycles. The number of hydrogen-bond acceptors (Lipinski definition) is 3. The average molecular weight is 298 g/mol. The zero-order chi connectivity index (χ0) is 15.5. The Morgan fingerprint density at radius 3 is 3.05 bits per heavy atom. The molecule has 0 saturated heterocycles. The van der Waals surface area contributed by atoms with Crippen molar-refractivity contribution in [3.63, 3.8) is 0 Å². The van der Waals surface area contributed by atoms with Crippen molar-refractivity contribution in [2.75, 3.05) is 6.61 Å². The minimum atomic E-state index is -1.01. The van der Waals surface area contributed by atoms with Crippen molar-refractivity contribution in [2.24, 2.45) is 5.92 Å². The molecule has 0 aliphatic heterocycles. The van der Waals surface area contributed by atoms with E-state index in [2.05, 4.69) is 30.3 Å². The standard InChI is InChI=1S/C17H18N2O3/c1-12-5-4-6-13(9-12)10-19-15-8-3-2-7-14(15)17(18-19)22-11-16(20)21/h2-8,12H,9-11H2,1H3,(H,20,21). The van der Waals surface area contributed by atoms with Gasteiger partial charge in [-0.3, -0.25) is 4.68 Å². The smallest absolute Gasteiger partial charge is 0.341 e. The van der Waals surface area contributed by atoms with Crippen LogP contribution in [0.15, 0.2) is 48.1 Å². The molecule has 0 fully saturated rings. The molecule has 1 aliphatic carbocycles. The second-order valence-corrected chi connectivity index (χ2v) is 5.55. The van der Waals surface area contributed by atoms with Gasteiger partial charge >= 0.3 is 5.97 Å². The molecule has 0 bridgehead atoms. The summed E-state index contributed by atoms with van der Waals surface area (Å²) in [6.07, 6.45) is 7.40. The van der Waals surface area contributed by atoms with Gasteiger partial charge < -0.3 is 9.84 Å². The lowest BCUT2D eigenvalue weighted by Gasteiger charge is -2.14. The van der Waals surface area contributed by atoms with Crippen LogP contribution >= 0.6 is 0 Å². The van der Waals surface area contributed by atoms with Gasteiger partial charge in [-0.05, 0) is 30.0 Å². The summed E-state index contributed by atoms with van der Waals surface area (Å²) >= 11 is 0. The summed E-state index contributed by atoms with van der Waals surface area (Å²) in [5.41, 5.74) is 2.25. The van der Waals surface area contributed by atoms with Gasteiger partial charge in [0, 0.05) is 0 Å². The van der Waals surface area contributed by atoms with Gasteiger partial charge in [0.1, 0.15) is 0 Å². The predicted molar refractivity (Wildman–Crippen MR) is 83.9 cm³/mol. The van der Waals surface area contributed by atoms with Gasteiger partial charge in [0.2, 0.25) is 5.88 Å². The van der Waals surface area contributed by atoms with E-state index in [1.165, 1.54) is 5.57 Å². The highest BCUT2D eigenvalue weighted by atomic mass is 16.5. The summed E-state index contributed by atoms with van der Waals surface area (Å²) in [6.45, 7) is 2.49. The van der Waals surface area contributed by atoms with Gasteiger partial charge in [-0.1, -0.05) is 37.3 Å². The molecule has 1 atom stereocenters. The Hall–Kier alpha value is -2.56. The second kappa shape index (κ2) is 6.05. The Bertz CT molecular complexity index is 758. The molecule has 1 aliphatic rings. The summed E-state index contributed by atoms with van der Waals surface area (Å²) in [5, 5.41) is 14.1. The zero-order valence-corrected chi connectivity index (χ0v) is 12.4. The third-order valence-corrected chi connectivity index (χ3v) is 3.67. The third kappa shape index (κ3) is 3.03. The average Bonchev–Trinajstić information content (AvgIpc) is 2.84. The highest BCUT2D eigenvalue weighted by Crippen LogP contribution is 2.27. The molecule has 22 heavy (non-hydrogen) atoms. The Balaban J connectivity index is 1.90. The maximum atomic E-state index is 10.7. The zero-order valence-electron chi connectivity index (χ0n) is 12.4. The SMILES string of the molecule is CC1C=CC=C(Cn2nc(OCC(=O)O)c3ccccc32)C1. The number of para-hydroxylation sites is 1. The molecule has 1 unspecified atom stereocenters. The largest absolute Gasteiger partial charge is 0.479 e. The van der Waals surface area contributed by atoms with Crippen LogP contribution in [0.3, 0.4) is 0 Å². The first-order valence-corrected chi connectivity index (χ1v) is 7.30. The molecule has 1 aromatic carbocycles. The van der Waals surface area contributed by atoms with Crippen molar-refractivity contribution in [2.45, 2.75) is 19.9 Å². The number of aliphatic carboxylic acids is 1. The molecule has 0 saturated carbocycles. The summed E-state index contributed by atoms with van der Waals surface area (Å²) in [4.78, 5) is 10.7. The van der Waals surface area contributed by atoms with E-state index in [1.807, 2.05) is 28.9 Å². The van der Waals surface area contributed by atoms with Gasteiger partial charge in [0.05, 0.1) is 17.4 Å². The van der Waals surface area contributed by atoms with Crippen LogP contribution < -0.4 is 4.74 Å². The van der Waals surface area contributed by atoms with Crippen molar-refractivity contribution >= 4 is 16.9 Å². The topological polar surface area (TPSA) is 64.4 Å². The number of ether oxygens (including phenoxy) is 1. The Labute approximate surface area is 128 Å². The monoisotopic (exact) mass is 298 g/mol. The second-order valence-electron chi connectivity index (χ2n) is 5.55. The highest BCUT2D eigenvalue weighted by molar-refractivity contribution is 5.85. The maximum absolute atomic E-state index is 10.7. The molecule has 3 rings (SSSR count). The molecular formula is C17H18N2O3. The maximum Gasteiger partial charge on any atom is 0.341 e. The quantitative estimate of drug-likeness (QED) is 0.921. The fraction of sp³-hybridized carbons (Fsp3) is 0.294. The number of benzene rings is 1. The Kier molecular flexibility index (Phi) is 3.96. The molecule has 114 valence electrons. The van der Waals surface area contributed by atoms with Crippen molar-refractivity contribution in [3.8, 4) is 5.88 Å². The molecule has 5 nitrogen and oxygen atoms in total. The van der Waals surface area contributed by atoms with Gasteiger partial charge in [0.25, 0.3) is 0 Å². The molecule has 1 aromatic heterocycles. The number of allylic oxidation sites excluding steroid dienone is 4. The highest BCUT2D eigenvalue weighted by Gasteiger charge is 2.14. The van der Waals surface area contributed by atoms with Gasteiger partial charge in [-0.2, -0.15) is 0 Å². The number of hydrogen-bond donors (Lipinski definition) is 1. The van der Waals surface area contributed by atoms with Crippen LogP contribution in [0.1, 0.15) is 13.3 Å². The predicted octanol–water partition coefficient (Wildman–Crippen LogP) is 3.02. The van der Waals surface area contributed by atoms with Gasteiger partial charge in [-0.25, -0.2) is 4.79 Å². The van der Waals surface area contributed by atoms with Crippen LogP contribution in [0.5, 0.6) is 5.88 Å². The summed E-state index contributed by atoms with van der Waals surface area (Å²) in [5.74, 6) is -0.102. The first-order chi connectivity index (χ1) is 10.6. The van der Waals surface area contributed by atoms with Gasteiger partial charge in [0.15, 0.2) is 6.61 Å². The van der Waals surface area contributed by atoms with Crippen molar-refractivity contribution in [1.82, 2.24) is 9.78 Å². The lowest BCUT2D eigenvalue weighted by Crippen LogP contribution is -2.11. The number of carboxylic acid groups (broad SMARTS) is 1. The minimum absolute atomic E-state index is 0.373. The molecular weight excluding hydrogens is 280 g/mol. The summed E-state index contributed by atoms with van der Waals surface area (Å²) in [7, 11) is 0. The molecule has 1 N–H and O–H groups in total. The first-order valence-electron chi connectivity index (χ1n) is 7.30. The van der Waals surface area contributed by atoms with E-state index in [-0.39, 0.29) is 6.61 Å². The Morgan fingerprint density at radius 1 is 1.45 bits per heavy atom. The van der Waals surface area contributed by atoms with E-state index in [0.717, 1.165) is 17.3 Å². The number of rotatable bonds is 5. The lowest BCUT2D eigenvalue weighted by atomic mass is 9.96. The molecule has 0 radical (unpaired) electrons. The van der Waals surface area contributed by atoms with E-state index >= 15 is 0 Å². The number of carbonyl (C=O) groups is 1. The summed E-state index contributed by atoms with van der Waals surface area (Å²) < 4.78 is 7.19. The third-order valence-electron chi connectivity index (χ3n) is 3.67. The fourth-order valence-corrected chi connectivity index (χ4v) is 2.69. The number of fused-ring (bicyclic) bond motifs is 1. The van der Waals surface area contributed by atoms with Crippen LogP contribution in [0, 0.1) is 5.92 Å². The van der Waals surface area contributed by atoms with E-state index in [9.17, 15) is 4.79 Å². The van der Waals surface area contributed by atoms with E-state index in [0.29, 0.717) is 18.3 Å². The normalized spacial score (nSPS) is 17.5. The van der Waals surface area contributed by atoms with Crippen molar-refractivity contribution in [3.05, 3.63) is 48.1 Å². The molecule has 0 amide bonds.